The molecule has 0 saturated heterocycles. The van der Waals surface area contributed by atoms with Gasteiger partial charge in [-0.3, -0.25) is 9.36 Å². The second-order valence-electron chi connectivity index (χ2n) is 7.26. The molecule has 0 bridgehead atoms. The van der Waals surface area contributed by atoms with Gasteiger partial charge in [0.05, 0.1) is 17.4 Å². The number of nitrogens with zero attached hydrogens (tertiary/aromatic N) is 4. The molecular formula is C22H22FN5OS. The molecule has 1 amide bonds. The van der Waals surface area contributed by atoms with Gasteiger partial charge in [0.25, 0.3) is 0 Å². The van der Waals surface area contributed by atoms with Crippen LogP contribution in [0.1, 0.15) is 20.8 Å². The van der Waals surface area contributed by atoms with E-state index in [1.54, 1.807) is 29.7 Å². The third-order valence-electron chi connectivity index (χ3n) is 4.88. The van der Waals surface area contributed by atoms with Crippen LogP contribution < -0.4 is 5.32 Å². The number of nitrogens with one attached hydrogen (secondary N) is 1. The number of hydrogen-bond acceptors (Lipinski definition) is 5. The number of hydrogen-bond donors (Lipinski definition) is 1. The molecule has 3 aromatic rings. The van der Waals surface area contributed by atoms with Gasteiger partial charge in [-0.1, -0.05) is 55.9 Å². The zero-order chi connectivity index (χ0) is 21.7. The third-order valence-corrected chi connectivity index (χ3v) is 5.81. The number of amides is 1. The quantitative estimate of drug-likeness (QED) is 0.575. The van der Waals surface area contributed by atoms with Crippen molar-refractivity contribution in [3.63, 3.8) is 0 Å². The van der Waals surface area contributed by atoms with E-state index in [0.29, 0.717) is 16.5 Å². The Hall–Kier alpha value is -3.18. The zero-order valence-electron chi connectivity index (χ0n) is 17.0. The number of halogens is 1. The van der Waals surface area contributed by atoms with E-state index in [2.05, 4.69) is 21.6 Å². The lowest BCUT2D eigenvalue weighted by Crippen LogP contribution is -2.49. The van der Waals surface area contributed by atoms with Crippen molar-refractivity contribution in [1.82, 2.24) is 20.1 Å². The van der Waals surface area contributed by atoms with Crippen LogP contribution >= 0.6 is 11.8 Å². The van der Waals surface area contributed by atoms with E-state index >= 15 is 0 Å². The Kier molecular flexibility index (Phi) is 6.53. The fourth-order valence-electron chi connectivity index (χ4n) is 2.75. The Bertz CT molecular complexity index is 1080. The summed E-state index contributed by atoms with van der Waals surface area (Å²) in [6.45, 7) is 5.45. The number of carbonyl (C=O) groups excluding carboxylic acids is 1. The molecule has 0 radical (unpaired) electrons. The smallest absolute Gasteiger partial charge is 0.231 e. The van der Waals surface area contributed by atoms with E-state index in [0.717, 1.165) is 5.69 Å². The van der Waals surface area contributed by atoms with Crippen LogP contribution in [-0.4, -0.2) is 32.0 Å². The summed E-state index contributed by atoms with van der Waals surface area (Å²) in [4.78, 5) is 12.5. The first kappa shape index (κ1) is 21.5. The Labute approximate surface area is 179 Å². The predicted molar refractivity (Wildman–Crippen MR) is 114 cm³/mol. The molecule has 1 atom stereocenters. The minimum absolute atomic E-state index is 0.0444. The van der Waals surface area contributed by atoms with Gasteiger partial charge in [-0.15, -0.1) is 10.2 Å². The largest absolute Gasteiger partial charge is 0.337 e. The molecule has 1 aromatic heterocycles. The maximum atomic E-state index is 14.4. The maximum Gasteiger partial charge on any atom is 0.231 e. The molecule has 1 N–H and O–H groups in total. The van der Waals surface area contributed by atoms with Crippen molar-refractivity contribution in [2.24, 2.45) is 5.92 Å². The second kappa shape index (κ2) is 9.09. The van der Waals surface area contributed by atoms with Gasteiger partial charge in [0.2, 0.25) is 5.91 Å². The van der Waals surface area contributed by atoms with Crippen LogP contribution in [0.15, 0.2) is 59.8 Å². The van der Waals surface area contributed by atoms with Crippen LogP contribution in [0.2, 0.25) is 0 Å². The molecule has 8 heteroatoms. The van der Waals surface area contributed by atoms with Crippen molar-refractivity contribution in [3.8, 4) is 23.1 Å². The Balaban J connectivity index is 1.90. The van der Waals surface area contributed by atoms with Gasteiger partial charge < -0.3 is 5.32 Å². The van der Waals surface area contributed by atoms with E-state index in [4.69, 9.17) is 0 Å². The summed E-state index contributed by atoms with van der Waals surface area (Å²) in [5.74, 6) is -0.332. The van der Waals surface area contributed by atoms with Gasteiger partial charge in [0.1, 0.15) is 11.4 Å². The van der Waals surface area contributed by atoms with Gasteiger partial charge in [-0.05, 0) is 37.1 Å². The topological polar surface area (TPSA) is 83.6 Å². The highest BCUT2D eigenvalue weighted by molar-refractivity contribution is 7.99. The van der Waals surface area contributed by atoms with E-state index in [1.807, 2.05) is 44.2 Å². The van der Waals surface area contributed by atoms with Crippen LogP contribution in [0, 0.1) is 23.1 Å². The highest BCUT2D eigenvalue weighted by atomic mass is 32.2. The fourth-order valence-corrected chi connectivity index (χ4v) is 3.50. The number of para-hydroxylation sites is 1. The zero-order valence-corrected chi connectivity index (χ0v) is 17.8. The molecule has 3 rings (SSSR count). The highest BCUT2D eigenvalue weighted by Crippen LogP contribution is 2.29. The monoisotopic (exact) mass is 423 g/mol. The molecule has 2 aromatic carbocycles. The minimum Gasteiger partial charge on any atom is -0.337 e. The van der Waals surface area contributed by atoms with Crippen LogP contribution in [0.3, 0.4) is 0 Å². The first-order chi connectivity index (χ1) is 14.4. The van der Waals surface area contributed by atoms with Crippen molar-refractivity contribution >= 4 is 17.7 Å². The molecule has 1 heterocycles. The number of nitriles is 1. The summed E-state index contributed by atoms with van der Waals surface area (Å²) < 4.78 is 16.1. The summed E-state index contributed by atoms with van der Waals surface area (Å²) in [6, 6.07) is 17.9. The lowest BCUT2D eigenvalue weighted by molar-refractivity contribution is -0.120. The SMILES string of the molecule is CC(C)[C@@](C)(C#N)NC(=O)CSc1nnc(-c2ccccc2F)n1-c1ccccc1. The molecule has 0 spiro atoms. The molecular weight excluding hydrogens is 401 g/mol. The predicted octanol–water partition coefficient (Wildman–Crippen LogP) is 4.22. The summed E-state index contributed by atoms with van der Waals surface area (Å²) in [5, 5.41) is 21.0. The Morgan fingerprint density at radius 3 is 2.50 bits per heavy atom. The second-order valence-corrected chi connectivity index (χ2v) is 8.21. The fraction of sp³-hybridized carbons (Fsp3) is 0.273. The number of thioether (sulfide) groups is 1. The summed E-state index contributed by atoms with van der Waals surface area (Å²) in [5.41, 5.74) is 0.123. The summed E-state index contributed by atoms with van der Waals surface area (Å²) >= 11 is 1.18. The number of carbonyl (C=O) groups is 1. The van der Waals surface area contributed by atoms with Crippen molar-refractivity contribution in [2.45, 2.75) is 31.5 Å². The first-order valence-corrected chi connectivity index (χ1v) is 10.4. The van der Waals surface area contributed by atoms with E-state index in [9.17, 15) is 14.4 Å². The van der Waals surface area contributed by atoms with E-state index in [1.165, 1.54) is 17.8 Å². The van der Waals surface area contributed by atoms with Gasteiger partial charge in [-0.2, -0.15) is 5.26 Å². The normalized spacial score (nSPS) is 12.9. The van der Waals surface area contributed by atoms with Gasteiger partial charge in [0.15, 0.2) is 11.0 Å². The van der Waals surface area contributed by atoms with Crippen LogP contribution in [0.25, 0.3) is 17.1 Å². The number of benzene rings is 2. The van der Waals surface area contributed by atoms with E-state index < -0.39 is 11.4 Å². The summed E-state index contributed by atoms with van der Waals surface area (Å²) in [6.07, 6.45) is 0. The standard InChI is InChI=1S/C22H22FN5OS/c1-15(2)22(3,14-24)25-19(29)13-30-21-27-26-20(17-11-7-8-12-18(17)23)28(21)16-9-5-4-6-10-16/h4-12,15H,13H2,1-3H3,(H,25,29)/t22-/m1/s1. The molecule has 30 heavy (non-hydrogen) atoms. The van der Waals surface area contributed by atoms with Crippen molar-refractivity contribution in [3.05, 3.63) is 60.4 Å². The molecule has 0 unspecified atom stereocenters. The Morgan fingerprint density at radius 1 is 1.20 bits per heavy atom. The van der Waals surface area contributed by atoms with E-state index in [-0.39, 0.29) is 17.6 Å². The Morgan fingerprint density at radius 2 is 1.87 bits per heavy atom. The van der Waals surface area contributed by atoms with Crippen LogP contribution in [0.5, 0.6) is 0 Å². The highest BCUT2D eigenvalue weighted by Gasteiger charge is 2.30. The molecule has 154 valence electrons. The summed E-state index contributed by atoms with van der Waals surface area (Å²) in [7, 11) is 0. The first-order valence-electron chi connectivity index (χ1n) is 9.46. The number of aromatic nitrogens is 3. The van der Waals surface area contributed by atoms with Crippen LogP contribution in [-0.2, 0) is 4.79 Å². The number of rotatable bonds is 7. The molecule has 0 aliphatic heterocycles. The van der Waals surface area contributed by atoms with Crippen molar-refractivity contribution < 1.29 is 9.18 Å². The molecule has 0 saturated carbocycles. The molecule has 0 aliphatic rings. The third kappa shape index (κ3) is 4.52. The van der Waals surface area contributed by atoms with Crippen molar-refractivity contribution in [1.29, 1.82) is 5.26 Å². The van der Waals surface area contributed by atoms with Crippen molar-refractivity contribution in [2.75, 3.05) is 5.75 Å². The maximum absolute atomic E-state index is 14.4. The molecule has 0 aliphatic carbocycles. The average molecular weight is 424 g/mol. The molecule has 6 nitrogen and oxygen atoms in total. The molecule has 0 fully saturated rings. The average Bonchev–Trinajstić information content (AvgIpc) is 3.16. The lowest BCUT2D eigenvalue weighted by atomic mass is 9.90. The minimum atomic E-state index is -0.955. The lowest BCUT2D eigenvalue weighted by Gasteiger charge is -2.27. The van der Waals surface area contributed by atoms with Gasteiger partial charge in [-0.25, -0.2) is 4.39 Å². The van der Waals surface area contributed by atoms with Gasteiger partial charge in [0, 0.05) is 5.69 Å². The van der Waals surface area contributed by atoms with Crippen LogP contribution in [0.4, 0.5) is 4.39 Å². The van der Waals surface area contributed by atoms with Gasteiger partial charge >= 0.3 is 0 Å².